The fraction of sp³-hybridized carbons (Fsp3) is 1.00. The van der Waals surface area contributed by atoms with Crippen molar-refractivity contribution in [3.8, 4) is 0 Å². The van der Waals surface area contributed by atoms with Gasteiger partial charge in [0.25, 0.3) is 0 Å². The number of hydrogen-bond donors (Lipinski definition) is 1. The van der Waals surface area contributed by atoms with Gasteiger partial charge in [0.1, 0.15) is 0 Å². The summed E-state index contributed by atoms with van der Waals surface area (Å²) in [5.74, 6) is 0.719. The van der Waals surface area contributed by atoms with Crippen molar-refractivity contribution in [3.05, 3.63) is 0 Å². The molecule has 0 aliphatic heterocycles. The molecule has 1 saturated carbocycles. The first-order chi connectivity index (χ1) is 7.47. The molecular formula is C11H24N2O2S. The van der Waals surface area contributed by atoms with E-state index in [9.17, 15) is 8.42 Å². The van der Waals surface area contributed by atoms with Gasteiger partial charge in [-0.25, -0.2) is 8.42 Å². The Morgan fingerprint density at radius 2 is 2.00 bits per heavy atom. The molecule has 0 saturated heterocycles. The van der Waals surface area contributed by atoms with E-state index in [1.54, 1.807) is 4.31 Å². The minimum atomic E-state index is -3.05. The molecule has 0 spiro atoms. The van der Waals surface area contributed by atoms with E-state index in [-0.39, 0.29) is 11.8 Å². The van der Waals surface area contributed by atoms with Crippen LogP contribution in [-0.4, -0.2) is 37.6 Å². The number of rotatable bonds is 8. The largest absolute Gasteiger partial charge is 0.330 e. The van der Waals surface area contributed by atoms with Gasteiger partial charge in [-0.05, 0) is 38.1 Å². The highest BCUT2D eigenvalue weighted by molar-refractivity contribution is 7.89. The molecule has 0 radical (unpaired) electrons. The van der Waals surface area contributed by atoms with Gasteiger partial charge in [0.2, 0.25) is 10.0 Å². The van der Waals surface area contributed by atoms with E-state index >= 15 is 0 Å². The highest BCUT2D eigenvalue weighted by Gasteiger charge is 2.36. The fourth-order valence-corrected chi connectivity index (χ4v) is 3.74. The third-order valence-corrected chi connectivity index (χ3v) is 4.79. The van der Waals surface area contributed by atoms with Gasteiger partial charge in [-0.1, -0.05) is 13.8 Å². The number of nitrogens with two attached hydrogens (primary N) is 1. The second-order valence-corrected chi connectivity index (χ2v) is 7.02. The summed E-state index contributed by atoms with van der Waals surface area (Å²) in [7, 11) is -3.05. The van der Waals surface area contributed by atoms with Crippen LogP contribution in [0.2, 0.25) is 0 Å². The molecule has 1 rings (SSSR count). The smallest absolute Gasteiger partial charge is 0.214 e. The SMILES string of the molecule is CC(C)CCS(=O)(=O)N(CCCN)C1CC1. The molecule has 5 heteroatoms. The molecule has 0 atom stereocenters. The summed E-state index contributed by atoms with van der Waals surface area (Å²) in [5, 5.41) is 0. The third kappa shape index (κ3) is 4.39. The van der Waals surface area contributed by atoms with Crippen molar-refractivity contribution in [1.82, 2.24) is 4.31 Å². The first kappa shape index (κ1) is 13.9. The van der Waals surface area contributed by atoms with Crippen LogP contribution >= 0.6 is 0 Å². The Morgan fingerprint density at radius 1 is 1.38 bits per heavy atom. The Labute approximate surface area is 99.2 Å². The number of sulfonamides is 1. The van der Waals surface area contributed by atoms with Gasteiger partial charge >= 0.3 is 0 Å². The normalized spacial score (nSPS) is 17.3. The fourth-order valence-electron chi connectivity index (χ4n) is 1.66. The maximum Gasteiger partial charge on any atom is 0.214 e. The maximum atomic E-state index is 12.1. The molecule has 0 amide bonds. The van der Waals surface area contributed by atoms with Gasteiger partial charge < -0.3 is 5.73 Å². The Balaban J connectivity index is 2.53. The summed E-state index contributed by atoms with van der Waals surface area (Å²) in [4.78, 5) is 0. The molecule has 96 valence electrons. The lowest BCUT2D eigenvalue weighted by atomic mass is 10.2. The van der Waals surface area contributed by atoms with Crippen LogP contribution in [0.15, 0.2) is 0 Å². The van der Waals surface area contributed by atoms with Crippen LogP contribution < -0.4 is 5.73 Å². The quantitative estimate of drug-likeness (QED) is 0.701. The van der Waals surface area contributed by atoms with E-state index in [0.717, 1.165) is 25.7 Å². The lowest BCUT2D eigenvalue weighted by Gasteiger charge is -2.22. The third-order valence-electron chi connectivity index (χ3n) is 2.85. The van der Waals surface area contributed by atoms with Crippen molar-refractivity contribution >= 4 is 10.0 Å². The first-order valence-electron chi connectivity index (χ1n) is 6.17. The van der Waals surface area contributed by atoms with Crippen LogP contribution in [0, 0.1) is 5.92 Å². The lowest BCUT2D eigenvalue weighted by Crippen LogP contribution is -2.36. The Morgan fingerprint density at radius 3 is 2.44 bits per heavy atom. The average Bonchev–Trinajstić information content (AvgIpc) is 2.99. The molecule has 0 unspecified atom stereocenters. The summed E-state index contributed by atoms with van der Waals surface area (Å²) in [6.07, 6.45) is 3.54. The molecule has 2 N–H and O–H groups in total. The predicted molar refractivity (Wildman–Crippen MR) is 66.6 cm³/mol. The zero-order valence-electron chi connectivity index (χ0n) is 10.4. The molecule has 1 aliphatic rings. The second kappa shape index (κ2) is 5.98. The monoisotopic (exact) mass is 248 g/mol. The van der Waals surface area contributed by atoms with Gasteiger partial charge in [0, 0.05) is 12.6 Å². The summed E-state index contributed by atoms with van der Waals surface area (Å²) in [6.45, 7) is 5.26. The maximum absolute atomic E-state index is 12.1. The van der Waals surface area contributed by atoms with Crippen LogP contribution in [-0.2, 0) is 10.0 Å². The van der Waals surface area contributed by atoms with Crippen molar-refractivity contribution in [2.24, 2.45) is 11.7 Å². The molecule has 0 heterocycles. The first-order valence-corrected chi connectivity index (χ1v) is 7.78. The predicted octanol–water partition coefficient (Wildman–Crippen LogP) is 1.18. The zero-order valence-corrected chi connectivity index (χ0v) is 11.2. The Hall–Kier alpha value is -0.130. The van der Waals surface area contributed by atoms with Gasteiger partial charge in [-0.15, -0.1) is 0 Å². The molecule has 1 fully saturated rings. The molecular weight excluding hydrogens is 224 g/mol. The van der Waals surface area contributed by atoms with Crippen molar-refractivity contribution in [2.75, 3.05) is 18.8 Å². The van der Waals surface area contributed by atoms with Crippen molar-refractivity contribution in [2.45, 2.75) is 45.6 Å². The Bertz CT molecular complexity index is 297. The van der Waals surface area contributed by atoms with Gasteiger partial charge in [-0.2, -0.15) is 4.31 Å². The zero-order chi connectivity index (χ0) is 12.2. The number of hydrogen-bond acceptors (Lipinski definition) is 3. The molecule has 0 aromatic heterocycles. The summed E-state index contributed by atoms with van der Waals surface area (Å²) in [5.41, 5.74) is 5.44. The van der Waals surface area contributed by atoms with E-state index in [2.05, 4.69) is 13.8 Å². The van der Waals surface area contributed by atoms with Gasteiger partial charge in [0.15, 0.2) is 0 Å². The highest BCUT2D eigenvalue weighted by Crippen LogP contribution is 2.29. The van der Waals surface area contributed by atoms with Crippen LogP contribution in [0.4, 0.5) is 0 Å². The minimum absolute atomic E-state index is 0.267. The number of nitrogens with zero attached hydrogens (tertiary/aromatic N) is 1. The Kier molecular flexibility index (Phi) is 5.21. The standard InChI is InChI=1S/C11H24N2O2S/c1-10(2)6-9-16(14,15)13(8-3-7-12)11-4-5-11/h10-11H,3-9,12H2,1-2H3. The van der Waals surface area contributed by atoms with Crippen LogP contribution in [0.25, 0.3) is 0 Å². The molecule has 0 aromatic rings. The van der Waals surface area contributed by atoms with E-state index in [1.165, 1.54) is 0 Å². The summed E-state index contributed by atoms with van der Waals surface area (Å²) in [6, 6.07) is 0.267. The van der Waals surface area contributed by atoms with Crippen molar-refractivity contribution in [3.63, 3.8) is 0 Å². The lowest BCUT2D eigenvalue weighted by molar-refractivity contribution is 0.396. The van der Waals surface area contributed by atoms with Crippen LogP contribution in [0.3, 0.4) is 0 Å². The van der Waals surface area contributed by atoms with Crippen molar-refractivity contribution in [1.29, 1.82) is 0 Å². The highest BCUT2D eigenvalue weighted by atomic mass is 32.2. The summed E-state index contributed by atoms with van der Waals surface area (Å²) >= 11 is 0. The molecule has 0 aromatic carbocycles. The topological polar surface area (TPSA) is 63.4 Å². The molecule has 0 bridgehead atoms. The molecule has 16 heavy (non-hydrogen) atoms. The van der Waals surface area contributed by atoms with E-state index in [0.29, 0.717) is 19.0 Å². The van der Waals surface area contributed by atoms with Gasteiger partial charge in [-0.3, -0.25) is 0 Å². The summed E-state index contributed by atoms with van der Waals surface area (Å²) < 4.78 is 25.9. The van der Waals surface area contributed by atoms with Gasteiger partial charge in [0.05, 0.1) is 5.75 Å². The van der Waals surface area contributed by atoms with Crippen molar-refractivity contribution < 1.29 is 8.42 Å². The van der Waals surface area contributed by atoms with E-state index < -0.39 is 10.0 Å². The van der Waals surface area contributed by atoms with E-state index in [4.69, 9.17) is 5.73 Å². The average molecular weight is 248 g/mol. The van der Waals surface area contributed by atoms with Crippen LogP contribution in [0.5, 0.6) is 0 Å². The molecule has 4 nitrogen and oxygen atoms in total. The molecule has 1 aliphatic carbocycles. The van der Waals surface area contributed by atoms with Crippen LogP contribution in [0.1, 0.15) is 39.5 Å². The second-order valence-electron chi connectivity index (χ2n) is 4.98. The van der Waals surface area contributed by atoms with E-state index in [1.807, 2.05) is 0 Å². The minimum Gasteiger partial charge on any atom is -0.330 e.